The quantitative estimate of drug-likeness (QED) is 0.553. The minimum absolute atomic E-state index is 0.0946. The Balaban J connectivity index is 3.13. The van der Waals surface area contributed by atoms with Crippen LogP contribution in [0.2, 0.25) is 0 Å². The standard InChI is InChI=1S/C14H18F4O/c1-4-5-8-19-12-7-6-10(15)9-11(12)13(2,3)14(16,17)18/h6-7,9H,4-5,8H2,1-3H3. The Morgan fingerprint density at radius 1 is 1.16 bits per heavy atom. The largest absolute Gasteiger partial charge is 0.493 e. The van der Waals surface area contributed by atoms with Crippen molar-refractivity contribution < 1.29 is 22.3 Å². The first-order valence-corrected chi connectivity index (χ1v) is 6.19. The molecule has 0 saturated carbocycles. The van der Waals surface area contributed by atoms with Crippen LogP contribution in [0.15, 0.2) is 18.2 Å². The van der Waals surface area contributed by atoms with Crippen LogP contribution < -0.4 is 4.74 Å². The molecule has 0 saturated heterocycles. The first-order valence-electron chi connectivity index (χ1n) is 6.19. The Morgan fingerprint density at radius 3 is 2.32 bits per heavy atom. The van der Waals surface area contributed by atoms with Gasteiger partial charge in [-0.2, -0.15) is 13.2 Å². The summed E-state index contributed by atoms with van der Waals surface area (Å²) in [4.78, 5) is 0. The molecule has 0 unspecified atom stereocenters. The molecule has 1 rings (SSSR count). The van der Waals surface area contributed by atoms with E-state index in [2.05, 4.69) is 0 Å². The SMILES string of the molecule is CCCCOc1ccc(F)cc1C(C)(C)C(F)(F)F. The minimum atomic E-state index is -4.47. The fraction of sp³-hybridized carbons (Fsp3) is 0.571. The predicted molar refractivity (Wildman–Crippen MR) is 65.9 cm³/mol. The summed E-state index contributed by atoms with van der Waals surface area (Å²) >= 11 is 0. The second kappa shape index (κ2) is 5.80. The van der Waals surface area contributed by atoms with E-state index in [4.69, 9.17) is 4.74 Å². The molecular weight excluding hydrogens is 260 g/mol. The van der Waals surface area contributed by atoms with Crippen LogP contribution in [-0.2, 0) is 5.41 Å². The van der Waals surface area contributed by atoms with Crippen LogP contribution in [0.3, 0.4) is 0 Å². The Kier molecular flexibility index (Phi) is 4.82. The van der Waals surface area contributed by atoms with E-state index in [1.54, 1.807) is 0 Å². The lowest BCUT2D eigenvalue weighted by Crippen LogP contribution is -2.36. The Hall–Kier alpha value is -1.26. The highest BCUT2D eigenvalue weighted by Gasteiger charge is 2.50. The van der Waals surface area contributed by atoms with Gasteiger partial charge in [0.1, 0.15) is 11.6 Å². The highest BCUT2D eigenvalue weighted by molar-refractivity contribution is 5.40. The monoisotopic (exact) mass is 278 g/mol. The van der Waals surface area contributed by atoms with Gasteiger partial charge in [-0.3, -0.25) is 0 Å². The van der Waals surface area contributed by atoms with E-state index in [-0.39, 0.29) is 11.3 Å². The first-order chi connectivity index (χ1) is 8.70. The van der Waals surface area contributed by atoms with Gasteiger partial charge in [0.25, 0.3) is 0 Å². The number of hydrogen-bond acceptors (Lipinski definition) is 1. The van der Waals surface area contributed by atoms with Gasteiger partial charge in [-0.1, -0.05) is 13.3 Å². The van der Waals surface area contributed by atoms with E-state index < -0.39 is 17.4 Å². The van der Waals surface area contributed by atoms with Crippen LogP contribution in [0.5, 0.6) is 5.75 Å². The maximum atomic E-state index is 13.2. The van der Waals surface area contributed by atoms with Crippen molar-refractivity contribution in [2.24, 2.45) is 0 Å². The second-order valence-electron chi connectivity index (χ2n) is 4.97. The van der Waals surface area contributed by atoms with Crippen LogP contribution in [-0.4, -0.2) is 12.8 Å². The molecule has 5 heteroatoms. The van der Waals surface area contributed by atoms with Gasteiger partial charge in [-0.25, -0.2) is 4.39 Å². The summed E-state index contributed by atoms with van der Waals surface area (Å²) in [5.74, 6) is -0.604. The van der Waals surface area contributed by atoms with E-state index in [0.29, 0.717) is 6.61 Å². The van der Waals surface area contributed by atoms with Crippen molar-refractivity contribution in [3.05, 3.63) is 29.6 Å². The zero-order chi connectivity index (χ0) is 14.7. The number of ether oxygens (including phenoxy) is 1. The Labute approximate surface area is 110 Å². The van der Waals surface area contributed by atoms with Gasteiger partial charge in [0.2, 0.25) is 0 Å². The lowest BCUT2D eigenvalue weighted by Gasteiger charge is -2.30. The van der Waals surface area contributed by atoms with Gasteiger partial charge in [-0.05, 0) is 38.5 Å². The molecular formula is C14H18F4O. The summed E-state index contributed by atoms with van der Waals surface area (Å²) in [7, 11) is 0. The van der Waals surface area contributed by atoms with Crippen molar-refractivity contribution in [3.8, 4) is 5.75 Å². The highest BCUT2D eigenvalue weighted by atomic mass is 19.4. The molecule has 0 aliphatic carbocycles. The van der Waals surface area contributed by atoms with E-state index in [9.17, 15) is 17.6 Å². The number of unbranched alkanes of at least 4 members (excludes halogenated alkanes) is 1. The molecule has 0 aliphatic heterocycles. The van der Waals surface area contributed by atoms with E-state index in [1.165, 1.54) is 6.07 Å². The van der Waals surface area contributed by atoms with Crippen molar-refractivity contribution in [2.45, 2.75) is 45.2 Å². The number of halogens is 4. The van der Waals surface area contributed by atoms with Gasteiger partial charge in [0.15, 0.2) is 0 Å². The summed E-state index contributed by atoms with van der Waals surface area (Å²) < 4.78 is 57.7. The molecule has 0 heterocycles. The topological polar surface area (TPSA) is 9.23 Å². The maximum absolute atomic E-state index is 13.2. The third kappa shape index (κ3) is 3.61. The van der Waals surface area contributed by atoms with E-state index in [0.717, 1.165) is 38.8 Å². The van der Waals surface area contributed by atoms with Gasteiger partial charge in [0, 0.05) is 5.56 Å². The maximum Gasteiger partial charge on any atom is 0.398 e. The summed E-state index contributed by atoms with van der Waals surface area (Å²) in [6.45, 7) is 4.32. The normalized spacial score (nSPS) is 12.6. The van der Waals surface area contributed by atoms with Crippen LogP contribution in [0.1, 0.15) is 39.2 Å². The molecule has 0 fully saturated rings. The predicted octanol–water partition coefficient (Wildman–Crippen LogP) is 4.84. The van der Waals surface area contributed by atoms with Crippen LogP contribution >= 0.6 is 0 Å². The molecule has 1 nitrogen and oxygen atoms in total. The van der Waals surface area contributed by atoms with Crippen molar-refractivity contribution in [1.29, 1.82) is 0 Å². The lowest BCUT2D eigenvalue weighted by molar-refractivity contribution is -0.180. The van der Waals surface area contributed by atoms with Crippen LogP contribution in [0.4, 0.5) is 17.6 Å². The average molecular weight is 278 g/mol. The smallest absolute Gasteiger partial charge is 0.398 e. The molecule has 1 aromatic rings. The third-order valence-electron chi connectivity index (χ3n) is 3.08. The molecule has 0 aliphatic rings. The van der Waals surface area contributed by atoms with Gasteiger partial charge in [0.05, 0.1) is 12.0 Å². The molecule has 0 aromatic heterocycles. The molecule has 1 aromatic carbocycles. The van der Waals surface area contributed by atoms with Gasteiger partial charge in [-0.15, -0.1) is 0 Å². The number of rotatable bonds is 5. The van der Waals surface area contributed by atoms with Crippen molar-refractivity contribution in [3.63, 3.8) is 0 Å². The highest BCUT2D eigenvalue weighted by Crippen LogP contribution is 2.44. The first kappa shape index (κ1) is 15.8. The molecule has 0 amide bonds. The van der Waals surface area contributed by atoms with Crippen molar-refractivity contribution in [1.82, 2.24) is 0 Å². The van der Waals surface area contributed by atoms with Crippen LogP contribution in [0.25, 0.3) is 0 Å². The Morgan fingerprint density at radius 2 is 1.79 bits per heavy atom. The molecule has 0 N–H and O–H groups in total. The summed E-state index contributed by atoms with van der Waals surface area (Å²) in [6, 6.07) is 3.26. The fourth-order valence-corrected chi connectivity index (χ4v) is 1.60. The van der Waals surface area contributed by atoms with E-state index >= 15 is 0 Å². The average Bonchev–Trinajstić information content (AvgIpc) is 2.29. The van der Waals surface area contributed by atoms with Crippen LogP contribution in [0, 0.1) is 5.82 Å². The summed E-state index contributed by atoms with van der Waals surface area (Å²) in [5.41, 5.74) is -2.33. The molecule has 0 bridgehead atoms. The molecule has 0 spiro atoms. The summed E-state index contributed by atoms with van der Waals surface area (Å²) in [5, 5.41) is 0. The third-order valence-corrected chi connectivity index (χ3v) is 3.08. The number of hydrogen-bond donors (Lipinski definition) is 0. The van der Waals surface area contributed by atoms with Crippen molar-refractivity contribution in [2.75, 3.05) is 6.61 Å². The molecule has 19 heavy (non-hydrogen) atoms. The second-order valence-corrected chi connectivity index (χ2v) is 4.97. The van der Waals surface area contributed by atoms with E-state index in [1.807, 2.05) is 6.92 Å². The Bertz CT molecular complexity index is 424. The molecule has 0 atom stereocenters. The number of benzene rings is 1. The minimum Gasteiger partial charge on any atom is -0.493 e. The number of alkyl halides is 3. The fourth-order valence-electron chi connectivity index (χ4n) is 1.60. The molecule has 108 valence electrons. The zero-order valence-corrected chi connectivity index (χ0v) is 11.3. The van der Waals surface area contributed by atoms with Crippen molar-refractivity contribution >= 4 is 0 Å². The lowest BCUT2D eigenvalue weighted by atomic mass is 9.83. The zero-order valence-electron chi connectivity index (χ0n) is 11.3. The summed E-state index contributed by atoms with van der Waals surface area (Å²) in [6.07, 6.45) is -2.86. The van der Waals surface area contributed by atoms with Gasteiger partial charge >= 0.3 is 6.18 Å². The van der Waals surface area contributed by atoms with Gasteiger partial charge < -0.3 is 4.74 Å². The molecule has 0 radical (unpaired) electrons.